The number of aryl methyl sites for hydroxylation is 2. The van der Waals surface area contributed by atoms with E-state index in [1.54, 1.807) is 33.3 Å². The minimum absolute atomic E-state index is 0.0689. The Morgan fingerprint density at radius 2 is 1.32 bits per heavy atom. The summed E-state index contributed by atoms with van der Waals surface area (Å²) in [6.07, 6.45) is 0.632. The molecule has 5 aromatic rings. The number of esters is 1. The maximum absolute atomic E-state index is 13.7. The lowest BCUT2D eigenvalue weighted by Crippen LogP contribution is -2.42. The summed E-state index contributed by atoms with van der Waals surface area (Å²) in [6.45, 7) is 19.5. The summed E-state index contributed by atoms with van der Waals surface area (Å²) in [4.78, 5) is 47.1. The van der Waals surface area contributed by atoms with Crippen molar-refractivity contribution in [1.82, 2.24) is 4.90 Å². The van der Waals surface area contributed by atoms with Gasteiger partial charge in [-0.2, -0.15) is 0 Å². The van der Waals surface area contributed by atoms with Crippen molar-refractivity contribution < 1.29 is 57.0 Å². The second kappa shape index (κ2) is 28.9. The minimum atomic E-state index is -0.576. The lowest BCUT2D eigenvalue weighted by molar-refractivity contribution is -0.139. The average molecular weight is 1050 g/mol. The van der Waals surface area contributed by atoms with Crippen LogP contribution < -0.4 is 34.2 Å². The predicted molar refractivity (Wildman–Crippen MR) is 296 cm³/mol. The van der Waals surface area contributed by atoms with Crippen molar-refractivity contribution in [2.45, 2.75) is 34.1 Å². The third-order valence-corrected chi connectivity index (χ3v) is 13.1. The van der Waals surface area contributed by atoms with Gasteiger partial charge in [-0.3, -0.25) is 14.5 Å². The van der Waals surface area contributed by atoms with Crippen LogP contribution in [-0.2, 0) is 39.6 Å². The molecule has 0 saturated heterocycles. The molecule has 0 radical (unpaired) electrons. The number of rotatable bonds is 19. The number of methoxy groups -OCH3 is 2. The predicted octanol–water partition coefficient (Wildman–Crippen LogP) is 8.12. The van der Waals surface area contributed by atoms with Crippen molar-refractivity contribution in [3.05, 3.63) is 125 Å². The molecule has 17 heteroatoms. The van der Waals surface area contributed by atoms with Gasteiger partial charge in [0.2, 0.25) is 0 Å². The van der Waals surface area contributed by atoms with E-state index in [1.807, 2.05) is 18.2 Å². The molecule has 0 fully saturated rings. The zero-order valence-corrected chi connectivity index (χ0v) is 45.1. The van der Waals surface area contributed by atoms with Crippen LogP contribution in [0.2, 0.25) is 0 Å². The van der Waals surface area contributed by atoms with Crippen LogP contribution in [0.4, 0.5) is 22.7 Å². The maximum atomic E-state index is 13.7. The largest absolute Gasteiger partial charge is 0.490 e. The van der Waals surface area contributed by atoms with E-state index < -0.39 is 17.8 Å². The van der Waals surface area contributed by atoms with Gasteiger partial charge in [0.05, 0.1) is 82.9 Å². The minimum Gasteiger partial charge on any atom is -0.490 e. The number of hydrogen-bond acceptors (Lipinski definition) is 16. The molecule has 0 unspecified atom stereocenters. The number of nitrogens with one attached hydrogen (secondary N) is 1. The second-order valence-electron chi connectivity index (χ2n) is 18.6. The van der Waals surface area contributed by atoms with E-state index in [4.69, 9.17) is 42.6 Å². The number of ether oxygens (including phenoxy) is 9. The number of benzene rings is 5. The number of fused-ring (bicyclic) bond motifs is 2. The van der Waals surface area contributed by atoms with Gasteiger partial charge in [0.1, 0.15) is 50.4 Å². The van der Waals surface area contributed by atoms with Crippen LogP contribution in [0, 0.1) is 13.8 Å². The Balaban J connectivity index is 1.13. The van der Waals surface area contributed by atoms with Gasteiger partial charge >= 0.3 is 5.97 Å². The lowest BCUT2D eigenvalue weighted by Gasteiger charge is -2.30. The number of carbonyl (C=O) groups is 3. The van der Waals surface area contributed by atoms with Gasteiger partial charge in [-0.1, -0.05) is 36.9 Å². The summed E-state index contributed by atoms with van der Waals surface area (Å²) >= 11 is 0. The van der Waals surface area contributed by atoms with E-state index in [2.05, 4.69) is 102 Å². The molecule has 2 aliphatic heterocycles. The van der Waals surface area contributed by atoms with Crippen LogP contribution in [0.1, 0.15) is 51.3 Å². The molecule has 17 nitrogen and oxygen atoms in total. The van der Waals surface area contributed by atoms with Gasteiger partial charge in [0.25, 0.3) is 11.8 Å². The number of amides is 2. The van der Waals surface area contributed by atoms with E-state index >= 15 is 0 Å². The van der Waals surface area contributed by atoms with E-state index in [0.717, 1.165) is 67.8 Å². The highest BCUT2D eigenvalue weighted by atomic mass is 16.5. The second-order valence-corrected chi connectivity index (χ2v) is 18.6. The molecule has 2 amide bonds. The molecule has 0 bridgehead atoms. The Morgan fingerprint density at radius 3 is 1.97 bits per heavy atom. The summed E-state index contributed by atoms with van der Waals surface area (Å²) in [7, 11) is 3.31. The van der Waals surface area contributed by atoms with Crippen LogP contribution in [0.5, 0.6) is 17.2 Å². The Labute approximate surface area is 447 Å². The SMILES string of the molecule is C=C(C)C(=O)OCCN1C(=O)c2cccc3c(NCCc4ccc(N5CCOc6cc(C)ccc6N(CC)CCOCCOCCN(COCCOC)c6ccc(C)cc6OCC5)c(OCCOC)c4)ccc(c23)C1=O. The number of likely N-dealkylation sites (N-methyl/N-ethyl adjacent to an activating group) is 1. The van der Waals surface area contributed by atoms with Gasteiger partial charge in [-0.15, -0.1) is 0 Å². The smallest absolute Gasteiger partial charge is 0.333 e. The highest BCUT2D eigenvalue weighted by Gasteiger charge is 2.33. The van der Waals surface area contributed by atoms with Crippen LogP contribution in [0.15, 0.2) is 97.1 Å². The fourth-order valence-corrected chi connectivity index (χ4v) is 9.10. The molecular weight excluding hydrogens is 971 g/mol. The fourth-order valence-electron chi connectivity index (χ4n) is 9.10. The molecule has 1 N–H and O–H groups in total. The first kappa shape index (κ1) is 56.8. The molecule has 0 atom stereocenters. The molecule has 0 saturated carbocycles. The van der Waals surface area contributed by atoms with E-state index in [-0.39, 0.29) is 18.7 Å². The monoisotopic (exact) mass is 1050 g/mol. The average Bonchev–Trinajstić information content (AvgIpc) is 3.45. The van der Waals surface area contributed by atoms with Crippen molar-refractivity contribution in [3.8, 4) is 17.2 Å². The van der Waals surface area contributed by atoms with Gasteiger partial charge in [-0.05, 0) is 105 Å². The topological polar surface area (TPSA) is 159 Å². The quantitative estimate of drug-likeness (QED) is 0.0365. The lowest BCUT2D eigenvalue weighted by atomic mass is 9.93. The van der Waals surface area contributed by atoms with E-state index in [1.165, 1.54) is 0 Å². The van der Waals surface area contributed by atoms with E-state index in [9.17, 15) is 14.4 Å². The van der Waals surface area contributed by atoms with Gasteiger partial charge in [0, 0.05) is 73.6 Å². The number of nitrogens with zero attached hydrogens (tertiary/aromatic N) is 4. The summed E-state index contributed by atoms with van der Waals surface area (Å²) in [5.74, 6) is 0.784. The number of anilines is 4. The summed E-state index contributed by atoms with van der Waals surface area (Å²) in [5.41, 5.74) is 7.84. The summed E-state index contributed by atoms with van der Waals surface area (Å²) in [5, 5.41) is 4.92. The normalized spacial score (nSPS) is 15.0. The summed E-state index contributed by atoms with van der Waals surface area (Å²) < 4.78 is 54.1. The molecule has 0 aliphatic carbocycles. The Hall–Kier alpha value is -6.89. The zero-order valence-electron chi connectivity index (χ0n) is 45.1. The van der Waals surface area contributed by atoms with E-state index in [0.29, 0.717) is 134 Å². The molecule has 2 aliphatic rings. The highest BCUT2D eigenvalue weighted by molar-refractivity contribution is 6.26. The number of carbonyl (C=O) groups excluding carboxylic acids is 3. The Bertz CT molecular complexity index is 2730. The fraction of sp³-hybridized carbons (Fsp3) is 0.441. The van der Waals surface area contributed by atoms with Crippen molar-refractivity contribution in [2.75, 3.05) is 159 Å². The molecule has 2 heterocycles. The molecular formula is C59H75N5O12. The van der Waals surface area contributed by atoms with Gasteiger partial charge in [0.15, 0.2) is 0 Å². The first-order valence-electron chi connectivity index (χ1n) is 26.2. The summed E-state index contributed by atoms with van der Waals surface area (Å²) in [6, 6.07) is 27.9. The van der Waals surface area contributed by atoms with Crippen molar-refractivity contribution in [3.63, 3.8) is 0 Å². The van der Waals surface area contributed by atoms with Crippen LogP contribution in [-0.4, -0.2) is 162 Å². The molecule has 408 valence electrons. The molecule has 0 spiro atoms. The first-order chi connectivity index (χ1) is 37.0. The zero-order chi connectivity index (χ0) is 53.8. The van der Waals surface area contributed by atoms with Crippen molar-refractivity contribution in [2.24, 2.45) is 0 Å². The molecule has 5 aromatic carbocycles. The molecule has 7 rings (SSSR count). The van der Waals surface area contributed by atoms with Crippen molar-refractivity contribution in [1.29, 1.82) is 0 Å². The van der Waals surface area contributed by atoms with Gasteiger partial charge in [-0.25, -0.2) is 4.79 Å². The highest BCUT2D eigenvalue weighted by Crippen LogP contribution is 2.36. The number of imide groups is 1. The first-order valence-corrected chi connectivity index (χ1v) is 26.2. The third-order valence-electron chi connectivity index (χ3n) is 13.1. The standard InChI is InChI=1S/C59H75N5O12/c1-8-61-22-27-70-35-36-71-28-23-63(41-72-34-32-68-6)52-18-13-44(5)39-54(52)74-30-25-62(24-29-73-53-38-43(4)12-17-50(53)61)51-19-14-45(40-55(51)75-37-33-69-7)20-21-60-49-16-15-48-56-46(49)10-9-11-47(56)57(65)64(58(48)66)26-31-76-59(67)42(2)3/h9-19,38-40,60H,2,8,20-37,41H2,1,3-7H3. The Morgan fingerprint density at radius 1 is 0.684 bits per heavy atom. The van der Waals surface area contributed by atoms with Crippen LogP contribution >= 0.6 is 0 Å². The van der Waals surface area contributed by atoms with Crippen LogP contribution in [0.3, 0.4) is 0 Å². The van der Waals surface area contributed by atoms with Crippen LogP contribution in [0.25, 0.3) is 10.8 Å². The third kappa shape index (κ3) is 15.2. The molecule has 76 heavy (non-hydrogen) atoms. The molecule has 0 aromatic heterocycles. The van der Waals surface area contributed by atoms with Gasteiger partial charge < -0.3 is 62.6 Å². The van der Waals surface area contributed by atoms with Crippen molar-refractivity contribution >= 4 is 51.3 Å². The number of hydrogen-bond donors (Lipinski definition) is 1. The Kier molecular flexibility index (Phi) is 21.6. The maximum Gasteiger partial charge on any atom is 0.333 e.